The lowest BCUT2D eigenvalue weighted by atomic mass is 10.0. The Morgan fingerprint density at radius 2 is 2.12 bits per heavy atom. The molecule has 1 saturated heterocycles. The molecule has 102 valence electrons. The Morgan fingerprint density at radius 3 is 2.65 bits per heavy atom. The summed E-state index contributed by atoms with van der Waals surface area (Å²) < 4.78 is 27.8. The molecule has 0 bridgehead atoms. The Balaban J connectivity index is 2.75. The van der Waals surface area contributed by atoms with E-state index in [2.05, 4.69) is 13.8 Å². The first-order valence-electron chi connectivity index (χ1n) is 6.34. The van der Waals surface area contributed by atoms with E-state index in [0.717, 1.165) is 12.8 Å². The molecule has 0 aromatic heterocycles. The predicted octanol–water partition coefficient (Wildman–Crippen LogP) is 0.632. The van der Waals surface area contributed by atoms with Crippen molar-refractivity contribution in [3.8, 4) is 0 Å². The van der Waals surface area contributed by atoms with Gasteiger partial charge in [0.1, 0.15) is 0 Å². The van der Waals surface area contributed by atoms with Crippen LogP contribution in [0.25, 0.3) is 0 Å². The summed E-state index contributed by atoms with van der Waals surface area (Å²) in [5.41, 5.74) is 5.41. The van der Waals surface area contributed by atoms with Gasteiger partial charge in [0.15, 0.2) is 0 Å². The molecule has 0 spiro atoms. The lowest BCUT2D eigenvalue weighted by Crippen LogP contribution is -2.46. The van der Waals surface area contributed by atoms with Gasteiger partial charge in [-0.1, -0.05) is 13.8 Å². The van der Waals surface area contributed by atoms with Gasteiger partial charge in [-0.3, -0.25) is 0 Å². The van der Waals surface area contributed by atoms with Crippen LogP contribution in [0, 0.1) is 5.92 Å². The van der Waals surface area contributed by atoms with Gasteiger partial charge in [-0.25, -0.2) is 0 Å². The van der Waals surface area contributed by atoms with Crippen molar-refractivity contribution in [2.24, 2.45) is 11.7 Å². The monoisotopic (exact) mass is 263 g/mol. The lowest BCUT2D eigenvalue weighted by Gasteiger charge is -2.30. The Morgan fingerprint density at radius 1 is 1.47 bits per heavy atom. The van der Waals surface area contributed by atoms with Crippen LogP contribution < -0.4 is 5.73 Å². The molecule has 0 aromatic rings. The van der Waals surface area contributed by atoms with Crippen LogP contribution in [0.4, 0.5) is 0 Å². The van der Waals surface area contributed by atoms with Crippen LogP contribution >= 0.6 is 0 Å². The zero-order valence-electron chi connectivity index (χ0n) is 11.1. The largest absolute Gasteiger partial charge is 0.330 e. The Hall–Kier alpha value is -0.170. The maximum absolute atomic E-state index is 12.4. The first-order valence-corrected chi connectivity index (χ1v) is 7.74. The van der Waals surface area contributed by atoms with E-state index in [4.69, 9.17) is 5.73 Å². The van der Waals surface area contributed by atoms with Gasteiger partial charge in [0.2, 0.25) is 0 Å². The second-order valence-electron chi connectivity index (χ2n) is 5.04. The third-order valence-electron chi connectivity index (χ3n) is 3.39. The highest BCUT2D eigenvalue weighted by Gasteiger charge is 2.37. The van der Waals surface area contributed by atoms with Crippen LogP contribution in [0.1, 0.15) is 33.1 Å². The van der Waals surface area contributed by atoms with Crippen molar-refractivity contribution >= 4 is 10.2 Å². The minimum absolute atomic E-state index is 0.153. The van der Waals surface area contributed by atoms with E-state index in [1.807, 2.05) is 0 Å². The molecule has 1 aliphatic rings. The van der Waals surface area contributed by atoms with E-state index in [1.54, 1.807) is 11.4 Å². The van der Waals surface area contributed by atoms with Gasteiger partial charge in [0, 0.05) is 26.2 Å². The van der Waals surface area contributed by atoms with E-state index in [1.165, 1.54) is 4.31 Å². The van der Waals surface area contributed by atoms with E-state index >= 15 is 0 Å². The summed E-state index contributed by atoms with van der Waals surface area (Å²) in [5, 5.41) is 0. The van der Waals surface area contributed by atoms with E-state index < -0.39 is 10.2 Å². The van der Waals surface area contributed by atoms with Gasteiger partial charge in [-0.15, -0.1) is 0 Å². The molecule has 1 rings (SSSR count). The second kappa shape index (κ2) is 6.13. The molecule has 0 aliphatic carbocycles. The van der Waals surface area contributed by atoms with Crippen LogP contribution in [0.5, 0.6) is 0 Å². The molecular formula is C11H25N3O2S. The fourth-order valence-corrected chi connectivity index (χ4v) is 4.10. The summed E-state index contributed by atoms with van der Waals surface area (Å²) in [6.07, 6.45) is 2.64. The number of rotatable bonds is 6. The standard InChI is InChI=1S/C11H25N3O2S/c1-10(2)11-6-4-9-14(11)17(15,16)13(3)8-5-7-12/h10-11H,4-9,12H2,1-3H3. The van der Waals surface area contributed by atoms with Crippen molar-refractivity contribution in [2.45, 2.75) is 39.2 Å². The summed E-state index contributed by atoms with van der Waals surface area (Å²) in [4.78, 5) is 0. The normalized spacial score (nSPS) is 22.8. The van der Waals surface area contributed by atoms with Gasteiger partial charge < -0.3 is 5.73 Å². The average Bonchev–Trinajstić information content (AvgIpc) is 2.75. The summed E-state index contributed by atoms with van der Waals surface area (Å²) in [6, 6.07) is 0.153. The molecule has 0 amide bonds. The molecule has 2 N–H and O–H groups in total. The summed E-state index contributed by atoms with van der Waals surface area (Å²) in [7, 11) is -1.65. The van der Waals surface area contributed by atoms with Crippen molar-refractivity contribution in [3.05, 3.63) is 0 Å². The van der Waals surface area contributed by atoms with Crippen LogP contribution in [-0.2, 0) is 10.2 Å². The minimum Gasteiger partial charge on any atom is -0.330 e. The van der Waals surface area contributed by atoms with Gasteiger partial charge >= 0.3 is 0 Å². The van der Waals surface area contributed by atoms with Gasteiger partial charge in [-0.2, -0.15) is 17.0 Å². The fourth-order valence-electron chi connectivity index (χ4n) is 2.33. The maximum Gasteiger partial charge on any atom is 0.281 e. The first-order chi connectivity index (χ1) is 7.91. The topological polar surface area (TPSA) is 66.6 Å². The molecule has 1 fully saturated rings. The van der Waals surface area contributed by atoms with E-state index in [-0.39, 0.29) is 6.04 Å². The molecule has 0 saturated carbocycles. The molecule has 1 heterocycles. The molecule has 0 aromatic carbocycles. The second-order valence-corrected chi connectivity index (χ2v) is 7.02. The molecule has 1 atom stereocenters. The molecule has 5 nitrogen and oxygen atoms in total. The van der Waals surface area contributed by atoms with Crippen LogP contribution in [0.3, 0.4) is 0 Å². The Bertz CT molecular complexity index is 330. The van der Waals surface area contributed by atoms with Crippen molar-refractivity contribution in [3.63, 3.8) is 0 Å². The number of nitrogens with zero attached hydrogens (tertiary/aromatic N) is 2. The molecule has 1 unspecified atom stereocenters. The summed E-state index contributed by atoms with van der Waals surface area (Å²) >= 11 is 0. The zero-order chi connectivity index (χ0) is 13.1. The quantitative estimate of drug-likeness (QED) is 0.764. The Labute approximate surface area is 105 Å². The average molecular weight is 263 g/mol. The van der Waals surface area contributed by atoms with Crippen molar-refractivity contribution in [1.82, 2.24) is 8.61 Å². The van der Waals surface area contributed by atoms with Gasteiger partial charge in [-0.05, 0) is 31.7 Å². The van der Waals surface area contributed by atoms with Crippen LogP contribution in [0.2, 0.25) is 0 Å². The number of hydrogen-bond donors (Lipinski definition) is 1. The highest BCUT2D eigenvalue weighted by molar-refractivity contribution is 7.86. The highest BCUT2D eigenvalue weighted by atomic mass is 32.2. The number of nitrogens with two attached hydrogens (primary N) is 1. The molecule has 6 heteroatoms. The van der Waals surface area contributed by atoms with Gasteiger partial charge in [0.05, 0.1) is 0 Å². The third-order valence-corrected chi connectivity index (χ3v) is 5.40. The summed E-state index contributed by atoms with van der Waals surface area (Å²) in [5.74, 6) is 0.371. The first kappa shape index (κ1) is 14.9. The lowest BCUT2D eigenvalue weighted by molar-refractivity contribution is 0.292. The van der Waals surface area contributed by atoms with Crippen LogP contribution in [0.15, 0.2) is 0 Å². The summed E-state index contributed by atoms with van der Waals surface area (Å²) in [6.45, 7) is 5.84. The zero-order valence-corrected chi connectivity index (χ0v) is 11.9. The highest BCUT2D eigenvalue weighted by Crippen LogP contribution is 2.27. The molecule has 17 heavy (non-hydrogen) atoms. The third kappa shape index (κ3) is 3.40. The van der Waals surface area contributed by atoms with Crippen LogP contribution in [-0.4, -0.2) is 49.8 Å². The molecule has 1 aliphatic heterocycles. The van der Waals surface area contributed by atoms with E-state index in [0.29, 0.717) is 32.0 Å². The van der Waals surface area contributed by atoms with Crippen molar-refractivity contribution < 1.29 is 8.42 Å². The predicted molar refractivity (Wildman–Crippen MR) is 69.8 cm³/mol. The smallest absolute Gasteiger partial charge is 0.281 e. The van der Waals surface area contributed by atoms with Gasteiger partial charge in [0.25, 0.3) is 10.2 Å². The fraction of sp³-hybridized carbons (Fsp3) is 1.00. The minimum atomic E-state index is -3.29. The molecule has 0 radical (unpaired) electrons. The van der Waals surface area contributed by atoms with Crippen molar-refractivity contribution in [2.75, 3.05) is 26.7 Å². The Kier molecular flexibility index (Phi) is 5.37. The maximum atomic E-state index is 12.4. The number of hydrogen-bond acceptors (Lipinski definition) is 3. The SMILES string of the molecule is CC(C)C1CCCN1S(=O)(=O)N(C)CCCN. The van der Waals surface area contributed by atoms with E-state index in [9.17, 15) is 8.42 Å². The molecular weight excluding hydrogens is 238 g/mol. The van der Waals surface area contributed by atoms with Crippen molar-refractivity contribution in [1.29, 1.82) is 0 Å².